The van der Waals surface area contributed by atoms with Gasteiger partial charge in [-0.2, -0.15) is 0 Å². The Balaban J connectivity index is 2.04. The van der Waals surface area contributed by atoms with Gasteiger partial charge in [0.05, 0.1) is 5.41 Å². The third-order valence-corrected chi connectivity index (χ3v) is 4.53. The number of piperidine rings is 1. The molecule has 1 fully saturated rings. The van der Waals surface area contributed by atoms with E-state index in [1.807, 2.05) is 6.92 Å². The Morgan fingerprint density at radius 1 is 1.24 bits per heavy atom. The van der Waals surface area contributed by atoms with E-state index in [1.165, 1.54) is 0 Å². The molecule has 1 aromatic carbocycles. The van der Waals surface area contributed by atoms with Gasteiger partial charge in [-0.3, -0.25) is 9.59 Å². The van der Waals surface area contributed by atoms with E-state index in [9.17, 15) is 14.7 Å². The summed E-state index contributed by atoms with van der Waals surface area (Å²) < 4.78 is 0. The number of rotatable bonds is 4. The molecule has 1 amide bonds. The van der Waals surface area contributed by atoms with Crippen molar-refractivity contribution < 1.29 is 14.7 Å². The van der Waals surface area contributed by atoms with E-state index in [-0.39, 0.29) is 5.91 Å². The van der Waals surface area contributed by atoms with Crippen LogP contribution in [0.3, 0.4) is 0 Å². The molecule has 1 saturated heterocycles. The molecule has 1 aliphatic heterocycles. The van der Waals surface area contributed by atoms with E-state index in [1.54, 1.807) is 29.2 Å². The van der Waals surface area contributed by atoms with Crippen LogP contribution in [0.2, 0.25) is 5.02 Å². The molecule has 1 N–H and O–H groups in total. The van der Waals surface area contributed by atoms with Crippen molar-refractivity contribution in [2.45, 2.75) is 32.6 Å². The van der Waals surface area contributed by atoms with Crippen LogP contribution in [0, 0.1) is 5.41 Å². The zero-order valence-corrected chi connectivity index (χ0v) is 12.9. The summed E-state index contributed by atoms with van der Waals surface area (Å²) in [5.41, 5.74) is -0.0661. The van der Waals surface area contributed by atoms with Gasteiger partial charge in [0.1, 0.15) is 0 Å². The first-order valence-electron chi connectivity index (χ1n) is 7.27. The van der Waals surface area contributed by atoms with E-state index in [4.69, 9.17) is 11.6 Å². The smallest absolute Gasteiger partial charge is 0.309 e. The summed E-state index contributed by atoms with van der Waals surface area (Å²) in [6.07, 6.45) is 2.56. The number of carbonyl (C=O) groups is 2. The normalized spacial score (nSPS) is 17.5. The Kier molecular flexibility index (Phi) is 4.88. The van der Waals surface area contributed by atoms with Crippen LogP contribution in [0.15, 0.2) is 24.3 Å². The third-order valence-electron chi connectivity index (χ3n) is 4.28. The maximum absolute atomic E-state index is 12.4. The first-order valence-corrected chi connectivity index (χ1v) is 7.64. The van der Waals surface area contributed by atoms with Crippen LogP contribution < -0.4 is 0 Å². The Morgan fingerprint density at radius 2 is 1.81 bits per heavy atom. The van der Waals surface area contributed by atoms with Crippen molar-refractivity contribution >= 4 is 23.5 Å². The van der Waals surface area contributed by atoms with Crippen molar-refractivity contribution in [2.24, 2.45) is 5.41 Å². The van der Waals surface area contributed by atoms with Gasteiger partial charge in [-0.25, -0.2) is 0 Å². The number of aliphatic carboxylic acids is 1. The highest BCUT2D eigenvalue weighted by Gasteiger charge is 2.41. The average molecular weight is 310 g/mol. The van der Waals surface area contributed by atoms with Crippen LogP contribution in [-0.2, 0) is 4.79 Å². The minimum Gasteiger partial charge on any atom is -0.481 e. The molecule has 0 spiro atoms. The third kappa shape index (κ3) is 3.38. The number of carbonyl (C=O) groups excluding carboxylic acids is 1. The number of hydrogen-bond donors (Lipinski definition) is 1. The molecule has 114 valence electrons. The number of hydrogen-bond acceptors (Lipinski definition) is 2. The van der Waals surface area contributed by atoms with Crippen LogP contribution in [0.1, 0.15) is 43.0 Å². The van der Waals surface area contributed by atoms with Crippen LogP contribution >= 0.6 is 11.6 Å². The summed E-state index contributed by atoms with van der Waals surface area (Å²) in [6.45, 7) is 2.98. The molecular weight excluding hydrogens is 290 g/mol. The molecule has 1 heterocycles. The van der Waals surface area contributed by atoms with Crippen molar-refractivity contribution in [2.75, 3.05) is 13.1 Å². The lowest BCUT2D eigenvalue weighted by atomic mass is 9.75. The molecule has 5 heteroatoms. The van der Waals surface area contributed by atoms with Crippen LogP contribution in [0.25, 0.3) is 0 Å². The van der Waals surface area contributed by atoms with Gasteiger partial charge in [-0.15, -0.1) is 0 Å². The molecule has 0 saturated carbocycles. The standard InChI is InChI=1S/C16H20ClNO3/c1-2-7-16(15(20)21)8-10-18(11-9-16)14(19)12-3-5-13(17)6-4-12/h3-6H,2,7-11H2,1H3,(H,20,21). The maximum Gasteiger partial charge on any atom is 0.309 e. The largest absolute Gasteiger partial charge is 0.481 e. The second-order valence-corrected chi connectivity index (χ2v) is 6.07. The van der Waals surface area contributed by atoms with Crippen molar-refractivity contribution in [3.8, 4) is 0 Å². The molecule has 0 aromatic heterocycles. The van der Waals surface area contributed by atoms with E-state index < -0.39 is 11.4 Å². The van der Waals surface area contributed by atoms with Gasteiger partial charge < -0.3 is 10.0 Å². The predicted octanol–water partition coefficient (Wildman–Crippen LogP) is 3.45. The summed E-state index contributed by atoms with van der Waals surface area (Å²) in [6, 6.07) is 6.79. The summed E-state index contributed by atoms with van der Waals surface area (Å²) >= 11 is 5.82. The number of carboxylic acid groups (broad SMARTS) is 1. The first-order chi connectivity index (χ1) is 9.98. The molecule has 0 aliphatic carbocycles. The second-order valence-electron chi connectivity index (χ2n) is 5.63. The van der Waals surface area contributed by atoms with Crippen LogP contribution in [0.4, 0.5) is 0 Å². The highest BCUT2D eigenvalue weighted by molar-refractivity contribution is 6.30. The fraction of sp³-hybridized carbons (Fsp3) is 0.500. The van der Waals surface area contributed by atoms with Crippen molar-refractivity contribution in [1.82, 2.24) is 4.90 Å². The molecule has 0 radical (unpaired) electrons. The number of likely N-dealkylation sites (tertiary alicyclic amines) is 1. The molecule has 1 aromatic rings. The Hall–Kier alpha value is -1.55. The molecular formula is C16H20ClNO3. The quantitative estimate of drug-likeness (QED) is 0.926. The Labute approximate surface area is 129 Å². The number of halogens is 1. The average Bonchev–Trinajstić information content (AvgIpc) is 2.48. The molecule has 0 unspecified atom stereocenters. The summed E-state index contributed by atoms with van der Waals surface area (Å²) in [7, 11) is 0. The fourth-order valence-electron chi connectivity index (χ4n) is 2.96. The Bertz CT molecular complexity index is 519. The maximum atomic E-state index is 12.4. The number of benzene rings is 1. The van der Waals surface area contributed by atoms with Gasteiger partial charge in [-0.1, -0.05) is 24.9 Å². The highest BCUT2D eigenvalue weighted by Crippen LogP contribution is 2.36. The summed E-state index contributed by atoms with van der Waals surface area (Å²) in [4.78, 5) is 25.7. The number of nitrogens with zero attached hydrogens (tertiary/aromatic N) is 1. The van der Waals surface area contributed by atoms with E-state index >= 15 is 0 Å². The molecule has 0 atom stereocenters. The minimum absolute atomic E-state index is 0.0536. The lowest BCUT2D eigenvalue weighted by Crippen LogP contribution is -2.46. The summed E-state index contributed by atoms with van der Waals surface area (Å²) in [5.74, 6) is -0.787. The topological polar surface area (TPSA) is 57.6 Å². The molecule has 21 heavy (non-hydrogen) atoms. The van der Waals surface area contributed by atoms with Gasteiger partial charge in [0.15, 0.2) is 0 Å². The second kappa shape index (κ2) is 6.48. The van der Waals surface area contributed by atoms with Crippen LogP contribution in [0.5, 0.6) is 0 Å². The van der Waals surface area contributed by atoms with E-state index in [0.717, 1.165) is 6.42 Å². The zero-order chi connectivity index (χ0) is 15.5. The van der Waals surface area contributed by atoms with Gasteiger partial charge in [-0.05, 0) is 43.5 Å². The van der Waals surface area contributed by atoms with Crippen molar-refractivity contribution in [3.63, 3.8) is 0 Å². The SMILES string of the molecule is CCCC1(C(=O)O)CCN(C(=O)c2ccc(Cl)cc2)CC1. The van der Waals surface area contributed by atoms with E-state index in [2.05, 4.69) is 0 Å². The number of carboxylic acids is 1. The lowest BCUT2D eigenvalue weighted by molar-refractivity contribution is -0.152. The monoisotopic (exact) mass is 309 g/mol. The van der Waals surface area contributed by atoms with E-state index in [0.29, 0.717) is 42.9 Å². The van der Waals surface area contributed by atoms with Crippen molar-refractivity contribution in [1.29, 1.82) is 0 Å². The first kappa shape index (κ1) is 15.8. The minimum atomic E-state index is -0.733. The molecule has 2 rings (SSSR count). The Morgan fingerprint density at radius 3 is 2.29 bits per heavy atom. The van der Waals surface area contributed by atoms with Crippen molar-refractivity contribution in [3.05, 3.63) is 34.9 Å². The fourth-order valence-corrected chi connectivity index (χ4v) is 3.09. The lowest BCUT2D eigenvalue weighted by Gasteiger charge is -2.38. The highest BCUT2D eigenvalue weighted by atomic mass is 35.5. The zero-order valence-electron chi connectivity index (χ0n) is 12.1. The van der Waals surface area contributed by atoms with Crippen LogP contribution in [-0.4, -0.2) is 35.0 Å². The summed E-state index contributed by atoms with van der Waals surface area (Å²) in [5, 5.41) is 10.1. The predicted molar refractivity (Wildman–Crippen MR) is 81.6 cm³/mol. The molecule has 1 aliphatic rings. The van der Waals surface area contributed by atoms with Gasteiger partial charge in [0, 0.05) is 23.7 Å². The molecule has 4 nitrogen and oxygen atoms in total. The molecule has 0 bridgehead atoms. The number of amides is 1. The van der Waals surface area contributed by atoms with Gasteiger partial charge in [0.25, 0.3) is 5.91 Å². The van der Waals surface area contributed by atoms with Gasteiger partial charge in [0.2, 0.25) is 0 Å². The van der Waals surface area contributed by atoms with Gasteiger partial charge >= 0.3 is 5.97 Å².